The number of ether oxygens (including phenoxy) is 1. The first kappa shape index (κ1) is 13.5. The molecule has 8 heteroatoms. The van der Waals surface area contributed by atoms with E-state index in [0.717, 1.165) is 10.8 Å². The van der Waals surface area contributed by atoms with Crippen LogP contribution in [0.5, 0.6) is 0 Å². The zero-order valence-corrected chi connectivity index (χ0v) is 11.5. The molecule has 2 heterocycles. The number of carbonyl (C=O) groups excluding carboxylic acids is 1. The Kier molecular flexibility index (Phi) is 4.02. The summed E-state index contributed by atoms with van der Waals surface area (Å²) in [5.74, 6) is -0.447. The van der Waals surface area contributed by atoms with Crippen LogP contribution >= 0.6 is 34.1 Å². The first-order valence-electron chi connectivity index (χ1n) is 4.89. The van der Waals surface area contributed by atoms with Crippen LogP contribution in [0, 0.1) is 11.3 Å². The van der Waals surface area contributed by atoms with E-state index < -0.39 is 11.4 Å². The summed E-state index contributed by atoms with van der Waals surface area (Å²) >= 11 is 9.95. The molecule has 0 bridgehead atoms. The van der Waals surface area contributed by atoms with E-state index in [1.165, 1.54) is 12.3 Å². The Morgan fingerprint density at radius 2 is 2.44 bits per heavy atom. The largest absolute Gasteiger partial charge is 0.374 e. The van der Waals surface area contributed by atoms with Gasteiger partial charge in [-0.15, -0.1) is 11.7 Å². The molecule has 0 atom stereocenters. The molecule has 5 nitrogen and oxygen atoms in total. The summed E-state index contributed by atoms with van der Waals surface area (Å²) in [4.78, 5) is 16.5. The van der Waals surface area contributed by atoms with Crippen LogP contribution in [-0.2, 0) is 4.74 Å². The van der Waals surface area contributed by atoms with Crippen molar-refractivity contribution in [3.63, 3.8) is 0 Å². The molecule has 0 unspecified atom stereocenters. The second kappa shape index (κ2) is 5.36. The third-order valence-electron chi connectivity index (χ3n) is 2.41. The maximum absolute atomic E-state index is 11.9. The Labute approximate surface area is 118 Å². The number of hydrogen-bond acceptors (Lipinski definition) is 6. The topological polar surface area (TPSA) is 75.0 Å². The summed E-state index contributed by atoms with van der Waals surface area (Å²) < 4.78 is 4.93. The minimum absolute atomic E-state index is 0.160. The normalized spacial score (nSPS) is 16.5. The van der Waals surface area contributed by atoms with Gasteiger partial charge in [-0.05, 0) is 6.07 Å². The molecule has 1 N–H and O–H groups in total. The Hall–Kier alpha value is -0.940. The zero-order chi connectivity index (χ0) is 13.2. The molecule has 1 saturated heterocycles. The van der Waals surface area contributed by atoms with E-state index in [1.54, 1.807) is 0 Å². The van der Waals surface area contributed by atoms with E-state index in [2.05, 4.69) is 22.0 Å². The molecule has 0 spiro atoms. The molecule has 1 amide bonds. The third-order valence-corrected chi connectivity index (χ3v) is 3.95. The molecule has 0 aliphatic carbocycles. The van der Waals surface area contributed by atoms with Crippen LogP contribution in [0.1, 0.15) is 10.5 Å². The van der Waals surface area contributed by atoms with E-state index in [-0.39, 0.29) is 18.9 Å². The zero-order valence-electron chi connectivity index (χ0n) is 9.01. The number of pyridine rings is 1. The van der Waals surface area contributed by atoms with Crippen LogP contribution in [0.2, 0.25) is 5.02 Å². The first-order valence-corrected chi connectivity index (χ1v) is 7.13. The molecule has 0 radical (unpaired) electrons. The minimum atomic E-state index is -0.942. The Morgan fingerprint density at radius 3 is 2.89 bits per heavy atom. The van der Waals surface area contributed by atoms with Gasteiger partial charge in [0.25, 0.3) is 5.91 Å². The lowest BCUT2D eigenvalue weighted by Crippen LogP contribution is -2.61. The van der Waals surface area contributed by atoms with Crippen LogP contribution in [0.25, 0.3) is 0 Å². The number of halogens is 1. The van der Waals surface area contributed by atoms with Crippen molar-refractivity contribution in [3.05, 3.63) is 23.0 Å². The Morgan fingerprint density at radius 1 is 1.72 bits per heavy atom. The Balaban J connectivity index is 2.15. The number of nitrogens with zero attached hydrogens (tertiary/aromatic N) is 2. The summed E-state index contributed by atoms with van der Waals surface area (Å²) in [6, 6.07) is 3.46. The number of nitriles is 1. The van der Waals surface area contributed by atoms with Gasteiger partial charge in [-0.1, -0.05) is 22.4 Å². The van der Waals surface area contributed by atoms with Crippen LogP contribution < -0.4 is 5.32 Å². The van der Waals surface area contributed by atoms with Gasteiger partial charge >= 0.3 is 0 Å². The van der Waals surface area contributed by atoms with E-state index in [1.807, 2.05) is 6.07 Å². The van der Waals surface area contributed by atoms with E-state index in [9.17, 15) is 4.79 Å². The summed E-state index contributed by atoms with van der Waals surface area (Å²) in [7, 11) is 1.15. The average molecular weight is 302 g/mol. The van der Waals surface area contributed by atoms with Crippen molar-refractivity contribution in [2.24, 2.45) is 0 Å². The number of amides is 1. The quantitative estimate of drug-likeness (QED) is 0.656. The van der Waals surface area contributed by atoms with Crippen molar-refractivity contribution in [2.45, 2.75) is 10.4 Å². The lowest BCUT2D eigenvalue weighted by atomic mass is 9.99. The highest BCUT2D eigenvalue weighted by Crippen LogP contribution is 2.29. The number of carbonyl (C=O) groups is 1. The van der Waals surface area contributed by atoms with Gasteiger partial charge in [-0.3, -0.25) is 4.79 Å². The van der Waals surface area contributed by atoms with Crippen molar-refractivity contribution < 1.29 is 9.53 Å². The molecule has 18 heavy (non-hydrogen) atoms. The molecule has 2 rings (SSSR count). The summed E-state index contributed by atoms with van der Waals surface area (Å²) in [6.45, 7) is 0.376. The number of thiol groups is 1. The van der Waals surface area contributed by atoms with Crippen LogP contribution in [0.4, 0.5) is 0 Å². The molecular formula is C10H8ClN3O2S2. The van der Waals surface area contributed by atoms with Gasteiger partial charge in [-0.25, -0.2) is 4.98 Å². The maximum atomic E-state index is 11.9. The highest BCUT2D eigenvalue weighted by Gasteiger charge is 2.40. The lowest BCUT2D eigenvalue weighted by Gasteiger charge is -2.35. The smallest absolute Gasteiger partial charge is 0.271 e. The van der Waals surface area contributed by atoms with Gasteiger partial charge < -0.3 is 10.1 Å². The summed E-state index contributed by atoms with van der Waals surface area (Å²) in [5.41, 5.74) is -0.782. The van der Waals surface area contributed by atoms with Gasteiger partial charge in [0.1, 0.15) is 5.69 Å². The van der Waals surface area contributed by atoms with E-state index >= 15 is 0 Å². The van der Waals surface area contributed by atoms with Gasteiger partial charge in [0, 0.05) is 6.20 Å². The predicted octanol–water partition coefficient (Wildman–Crippen LogP) is 1.69. The summed E-state index contributed by atoms with van der Waals surface area (Å²) in [5, 5.41) is 11.9. The Bertz CT molecular complexity index is 528. The van der Waals surface area contributed by atoms with Crippen LogP contribution in [0.3, 0.4) is 0 Å². The molecule has 1 aromatic heterocycles. The number of aromatic nitrogens is 1. The molecule has 94 valence electrons. The highest BCUT2D eigenvalue weighted by atomic mass is 35.5. The van der Waals surface area contributed by atoms with Gasteiger partial charge in [-0.2, -0.15) is 5.26 Å². The average Bonchev–Trinajstić information content (AvgIpc) is 2.33. The molecule has 1 aliphatic rings. The SMILES string of the molecule is N#CC1(NC(=O)c2cc(Cl)c(SS)cn2)COC1. The van der Waals surface area contributed by atoms with Crippen molar-refractivity contribution in [2.75, 3.05) is 13.2 Å². The standard InChI is InChI=1S/C10H8ClN3O2S2/c11-6-1-7(13-2-8(6)18-17)9(15)14-10(3-12)4-16-5-10/h1-2,17H,4-5H2,(H,14,15). The predicted molar refractivity (Wildman–Crippen MR) is 70.7 cm³/mol. The van der Waals surface area contributed by atoms with E-state index in [4.69, 9.17) is 21.6 Å². The third kappa shape index (κ3) is 2.57. The fourth-order valence-electron chi connectivity index (χ4n) is 1.36. The first-order chi connectivity index (χ1) is 8.60. The van der Waals surface area contributed by atoms with Gasteiger partial charge in [0.15, 0.2) is 5.54 Å². The van der Waals surface area contributed by atoms with Crippen molar-refractivity contribution in [1.29, 1.82) is 5.26 Å². The number of rotatable bonds is 3. The maximum Gasteiger partial charge on any atom is 0.271 e. The van der Waals surface area contributed by atoms with E-state index in [0.29, 0.717) is 9.92 Å². The number of hydrogen-bond donors (Lipinski definition) is 2. The molecule has 1 aromatic rings. The van der Waals surface area contributed by atoms with Crippen LogP contribution in [-0.4, -0.2) is 29.6 Å². The highest BCUT2D eigenvalue weighted by molar-refractivity contribution is 8.68. The molecule has 1 aliphatic heterocycles. The monoisotopic (exact) mass is 301 g/mol. The second-order valence-corrected chi connectivity index (χ2v) is 5.31. The molecular weight excluding hydrogens is 294 g/mol. The van der Waals surface area contributed by atoms with Crippen LogP contribution in [0.15, 0.2) is 17.2 Å². The minimum Gasteiger partial charge on any atom is -0.374 e. The summed E-state index contributed by atoms with van der Waals surface area (Å²) in [6.07, 6.45) is 1.46. The van der Waals surface area contributed by atoms with Gasteiger partial charge in [0.2, 0.25) is 0 Å². The van der Waals surface area contributed by atoms with Crippen molar-refractivity contribution in [3.8, 4) is 6.07 Å². The fourth-order valence-corrected chi connectivity index (χ4v) is 2.47. The number of nitrogens with one attached hydrogen (secondary N) is 1. The fraction of sp³-hybridized carbons (Fsp3) is 0.300. The second-order valence-electron chi connectivity index (χ2n) is 3.73. The van der Waals surface area contributed by atoms with Crippen molar-refractivity contribution in [1.82, 2.24) is 10.3 Å². The van der Waals surface area contributed by atoms with Gasteiger partial charge in [0.05, 0.1) is 29.2 Å². The molecule has 1 fully saturated rings. The molecule has 0 saturated carbocycles. The molecule has 0 aromatic carbocycles. The lowest BCUT2D eigenvalue weighted by molar-refractivity contribution is -0.0398. The van der Waals surface area contributed by atoms with Crippen molar-refractivity contribution >= 4 is 40.0 Å².